The molecule has 3 rings (SSSR count). The minimum absolute atomic E-state index is 0.00173. The number of nitrogens with zero attached hydrogens (tertiary/aromatic N) is 1. The van der Waals surface area contributed by atoms with Gasteiger partial charge in [0, 0.05) is 22.4 Å². The molecule has 1 amide bonds. The van der Waals surface area contributed by atoms with Gasteiger partial charge in [-0.15, -0.1) is 11.3 Å². The third-order valence-corrected chi connectivity index (χ3v) is 5.39. The first kappa shape index (κ1) is 17.2. The van der Waals surface area contributed by atoms with Gasteiger partial charge in [0.05, 0.1) is 10.2 Å². The fourth-order valence-corrected chi connectivity index (χ4v) is 3.91. The van der Waals surface area contributed by atoms with Crippen LogP contribution in [-0.4, -0.2) is 17.0 Å². The number of aryl methyl sites for hydroxylation is 1. The normalized spacial score (nSPS) is 11.4. The minimum Gasteiger partial charge on any atom is -0.351 e. The Kier molecular flexibility index (Phi) is 5.11. The highest BCUT2D eigenvalue weighted by Crippen LogP contribution is 2.29. The standard InChI is InChI=1S/C19H21BrN2OS/c1-12(2)10-21-19(23)17-9-18-16(8-13(3)24-18)22(17)11-14-4-6-15(20)7-5-14/h4-9,12H,10-11H2,1-3H3,(H,21,23). The molecule has 0 radical (unpaired) electrons. The number of halogens is 1. The van der Waals surface area contributed by atoms with Crippen LogP contribution >= 0.6 is 27.3 Å². The van der Waals surface area contributed by atoms with Crippen LogP contribution in [-0.2, 0) is 6.54 Å². The van der Waals surface area contributed by atoms with Crippen molar-refractivity contribution in [3.63, 3.8) is 0 Å². The van der Waals surface area contributed by atoms with Crippen molar-refractivity contribution < 1.29 is 4.79 Å². The summed E-state index contributed by atoms with van der Waals surface area (Å²) in [5, 5.41) is 3.04. The Balaban J connectivity index is 1.97. The van der Waals surface area contributed by atoms with Gasteiger partial charge in [-0.2, -0.15) is 0 Å². The number of fused-ring (bicyclic) bond motifs is 1. The summed E-state index contributed by atoms with van der Waals surface area (Å²) >= 11 is 5.20. The Labute approximate surface area is 154 Å². The van der Waals surface area contributed by atoms with Crippen LogP contribution in [0.5, 0.6) is 0 Å². The molecule has 3 aromatic rings. The van der Waals surface area contributed by atoms with Crippen LogP contribution in [0.1, 0.15) is 34.8 Å². The predicted molar refractivity (Wildman–Crippen MR) is 105 cm³/mol. The Morgan fingerprint density at radius 3 is 2.62 bits per heavy atom. The second-order valence-electron chi connectivity index (χ2n) is 6.45. The fraction of sp³-hybridized carbons (Fsp3) is 0.316. The SMILES string of the molecule is Cc1cc2c(cc(C(=O)NCC(C)C)n2Cc2ccc(Br)cc2)s1. The third-order valence-electron chi connectivity index (χ3n) is 3.87. The number of carbonyl (C=O) groups excluding carboxylic acids is 1. The molecule has 5 heteroatoms. The molecule has 0 spiro atoms. The summed E-state index contributed by atoms with van der Waals surface area (Å²) in [5.74, 6) is 0.439. The lowest BCUT2D eigenvalue weighted by molar-refractivity contribution is 0.0940. The van der Waals surface area contributed by atoms with Gasteiger partial charge in [0.15, 0.2) is 0 Å². The highest BCUT2D eigenvalue weighted by Gasteiger charge is 2.17. The number of amides is 1. The average Bonchev–Trinajstić information content (AvgIpc) is 3.04. The van der Waals surface area contributed by atoms with Crippen molar-refractivity contribution in [2.75, 3.05) is 6.54 Å². The number of nitrogens with one attached hydrogen (secondary N) is 1. The average molecular weight is 405 g/mol. The smallest absolute Gasteiger partial charge is 0.267 e. The molecule has 0 saturated heterocycles. The highest BCUT2D eigenvalue weighted by molar-refractivity contribution is 9.10. The molecule has 0 fully saturated rings. The molecule has 2 heterocycles. The zero-order valence-corrected chi connectivity index (χ0v) is 16.5. The van der Waals surface area contributed by atoms with Crippen molar-refractivity contribution in [3.8, 4) is 0 Å². The van der Waals surface area contributed by atoms with E-state index in [0.717, 1.165) is 15.7 Å². The molecule has 2 aromatic heterocycles. The van der Waals surface area contributed by atoms with Crippen molar-refractivity contribution in [1.29, 1.82) is 0 Å². The van der Waals surface area contributed by atoms with Gasteiger partial charge in [-0.25, -0.2) is 0 Å². The second-order valence-corrected chi connectivity index (χ2v) is 8.66. The second kappa shape index (κ2) is 7.11. The van der Waals surface area contributed by atoms with Crippen molar-refractivity contribution in [2.45, 2.75) is 27.3 Å². The van der Waals surface area contributed by atoms with Gasteiger partial charge >= 0.3 is 0 Å². The number of aromatic nitrogens is 1. The summed E-state index contributed by atoms with van der Waals surface area (Å²) in [4.78, 5) is 13.9. The van der Waals surface area contributed by atoms with E-state index in [1.807, 2.05) is 18.2 Å². The van der Waals surface area contributed by atoms with Gasteiger partial charge < -0.3 is 9.88 Å². The fourth-order valence-electron chi connectivity index (χ4n) is 2.68. The summed E-state index contributed by atoms with van der Waals surface area (Å²) in [6.45, 7) is 7.69. The molecule has 0 aliphatic heterocycles. The summed E-state index contributed by atoms with van der Waals surface area (Å²) in [6.07, 6.45) is 0. The van der Waals surface area contributed by atoms with Gasteiger partial charge in [0.2, 0.25) is 0 Å². The lowest BCUT2D eigenvalue weighted by Gasteiger charge is -2.12. The van der Waals surface area contributed by atoms with Crippen LogP contribution in [0.2, 0.25) is 0 Å². The van der Waals surface area contributed by atoms with E-state index in [-0.39, 0.29) is 5.91 Å². The Morgan fingerprint density at radius 1 is 1.25 bits per heavy atom. The highest BCUT2D eigenvalue weighted by atomic mass is 79.9. The lowest BCUT2D eigenvalue weighted by atomic mass is 10.2. The maximum atomic E-state index is 12.6. The first-order valence-electron chi connectivity index (χ1n) is 8.06. The number of hydrogen-bond donors (Lipinski definition) is 1. The van der Waals surface area contributed by atoms with E-state index in [9.17, 15) is 4.79 Å². The summed E-state index contributed by atoms with van der Waals surface area (Å²) < 4.78 is 4.35. The Bertz CT molecular complexity index is 862. The molecule has 1 N–H and O–H groups in total. The largest absolute Gasteiger partial charge is 0.351 e. The van der Waals surface area contributed by atoms with Crippen LogP contribution in [0.3, 0.4) is 0 Å². The van der Waals surface area contributed by atoms with Crippen molar-refractivity contribution >= 4 is 43.4 Å². The van der Waals surface area contributed by atoms with E-state index < -0.39 is 0 Å². The van der Waals surface area contributed by atoms with Crippen LogP contribution in [0.4, 0.5) is 0 Å². The van der Waals surface area contributed by atoms with Gasteiger partial charge in [0.25, 0.3) is 5.91 Å². The molecule has 0 aliphatic carbocycles. The number of thiophene rings is 1. The van der Waals surface area contributed by atoms with Gasteiger partial charge in [-0.1, -0.05) is 41.9 Å². The van der Waals surface area contributed by atoms with E-state index in [1.165, 1.54) is 15.1 Å². The van der Waals surface area contributed by atoms with Gasteiger partial charge in [0.1, 0.15) is 5.69 Å². The van der Waals surface area contributed by atoms with E-state index in [2.05, 4.69) is 64.8 Å². The number of hydrogen-bond acceptors (Lipinski definition) is 2. The quantitative estimate of drug-likeness (QED) is 0.622. The van der Waals surface area contributed by atoms with Crippen LogP contribution in [0, 0.1) is 12.8 Å². The summed E-state index contributed by atoms with van der Waals surface area (Å²) in [6, 6.07) is 12.4. The molecule has 24 heavy (non-hydrogen) atoms. The summed E-state index contributed by atoms with van der Waals surface area (Å²) in [5.41, 5.74) is 3.05. The maximum Gasteiger partial charge on any atom is 0.267 e. The number of rotatable bonds is 5. The zero-order chi connectivity index (χ0) is 17.3. The van der Waals surface area contributed by atoms with E-state index >= 15 is 0 Å². The first-order valence-corrected chi connectivity index (χ1v) is 9.67. The van der Waals surface area contributed by atoms with Crippen molar-refractivity contribution in [3.05, 3.63) is 57.0 Å². The predicted octanol–water partition coefficient (Wildman–Crippen LogP) is 5.21. The zero-order valence-electron chi connectivity index (χ0n) is 14.1. The topological polar surface area (TPSA) is 34.0 Å². The van der Waals surface area contributed by atoms with E-state index in [1.54, 1.807) is 11.3 Å². The van der Waals surface area contributed by atoms with Gasteiger partial charge in [-0.3, -0.25) is 4.79 Å². The molecule has 0 saturated carbocycles. The monoisotopic (exact) mass is 404 g/mol. The minimum atomic E-state index is 0.00173. The molecule has 3 nitrogen and oxygen atoms in total. The van der Waals surface area contributed by atoms with E-state index in [4.69, 9.17) is 0 Å². The molecule has 0 atom stereocenters. The first-order chi connectivity index (χ1) is 11.4. The van der Waals surface area contributed by atoms with Crippen LogP contribution in [0.15, 0.2) is 40.9 Å². The Morgan fingerprint density at radius 2 is 1.96 bits per heavy atom. The maximum absolute atomic E-state index is 12.6. The molecule has 0 aliphatic rings. The third kappa shape index (κ3) is 3.73. The van der Waals surface area contributed by atoms with Gasteiger partial charge in [-0.05, 0) is 42.7 Å². The molecular formula is C19H21BrN2OS. The lowest BCUT2D eigenvalue weighted by Crippen LogP contribution is -2.29. The van der Waals surface area contributed by atoms with Crippen molar-refractivity contribution in [2.24, 2.45) is 5.92 Å². The number of benzene rings is 1. The molecule has 126 valence electrons. The van der Waals surface area contributed by atoms with Crippen molar-refractivity contribution in [1.82, 2.24) is 9.88 Å². The Hall–Kier alpha value is -1.59. The number of carbonyl (C=O) groups is 1. The molecule has 0 unspecified atom stereocenters. The molecule has 1 aromatic carbocycles. The molecule has 0 bridgehead atoms. The molecular weight excluding hydrogens is 384 g/mol. The summed E-state index contributed by atoms with van der Waals surface area (Å²) in [7, 11) is 0. The van der Waals surface area contributed by atoms with Crippen LogP contribution in [0.25, 0.3) is 10.2 Å². The van der Waals surface area contributed by atoms with Crippen LogP contribution < -0.4 is 5.32 Å². The van der Waals surface area contributed by atoms with E-state index in [0.29, 0.717) is 19.0 Å².